The number of aliphatic hydroxyl groups is 2. The summed E-state index contributed by atoms with van der Waals surface area (Å²) in [6, 6.07) is 0. The number of phosphoric acid groups is 1. The number of unbranched alkanes of at least 4 members (excludes halogenated alkanes) is 15. The van der Waals surface area contributed by atoms with Crippen LogP contribution in [0.5, 0.6) is 0 Å². The fraction of sp³-hybridized carbons (Fsp3) is 0.821. The maximum absolute atomic E-state index is 12.6. The maximum Gasteiger partial charge on any atom is 0.472 e. The first-order valence-electron chi connectivity index (χ1n) is 19.6. The van der Waals surface area contributed by atoms with Crippen LogP contribution in [0.2, 0.25) is 0 Å². The molecule has 0 rings (SSSR count). The highest BCUT2D eigenvalue weighted by atomic mass is 31.2. The molecule has 0 spiro atoms. The van der Waals surface area contributed by atoms with Crippen LogP contribution in [0, 0.1) is 5.92 Å². The van der Waals surface area contributed by atoms with Crippen molar-refractivity contribution in [2.45, 2.75) is 174 Å². The van der Waals surface area contributed by atoms with E-state index >= 15 is 0 Å². The van der Waals surface area contributed by atoms with E-state index in [1.165, 1.54) is 51.4 Å². The quantitative estimate of drug-likeness (QED) is 0.0184. The Morgan fingerprint density at radius 2 is 1.24 bits per heavy atom. The molecule has 51 heavy (non-hydrogen) atoms. The number of carbonyl (C=O) groups excluding carboxylic acids is 3. The van der Waals surface area contributed by atoms with Crippen molar-refractivity contribution in [3.8, 4) is 0 Å². The highest BCUT2D eigenvalue weighted by Crippen LogP contribution is 2.43. The number of hydrogen-bond donors (Lipinski definition) is 3. The predicted octanol–water partition coefficient (Wildman–Crippen LogP) is 8.87. The SMILES string of the molecule is CCCCC/C=C\C=C\C(=O)CCCCCCCC(=O)O[C@H](COC(=O)CCCCCCCCCCCC(C)C)COP(=O)(O)OC[C@@H](O)CO. The molecule has 0 saturated heterocycles. The first kappa shape index (κ1) is 49.1. The molecule has 1 unspecified atom stereocenters. The van der Waals surface area contributed by atoms with E-state index in [1.54, 1.807) is 12.2 Å². The lowest BCUT2D eigenvalue weighted by atomic mass is 10.0. The van der Waals surface area contributed by atoms with Crippen molar-refractivity contribution >= 4 is 25.5 Å². The molecule has 0 aromatic carbocycles. The van der Waals surface area contributed by atoms with Crippen molar-refractivity contribution in [3.63, 3.8) is 0 Å². The number of esters is 2. The third-order valence-electron chi connectivity index (χ3n) is 8.26. The minimum atomic E-state index is -4.64. The molecule has 0 radical (unpaired) electrons. The normalized spacial score (nSPS) is 14.3. The van der Waals surface area contributed by atoms with Gasteiger partial charge in [0.05, 0.1) is 19.8 Å². The Balaban J connectivity index is 4.45. The van der Waals surface area contributed by atoms with E-state index in [2.05, 4.69) is 31.4 Å². The van der Waals surface area contributed by atoms with Crippen LogP contribution in [0.15, 0.2) is 24.3 Å². The summed E-state index contributed by atoms with van der Waals surface area (Å²) in [6.07, 6.45) is 25.5. The second kappa shape index (κ2) is 33.9. The molecule has 0 bridgehead atoms. The molecular weight excluding hydrogens is 675 g/mol. The summed E-state index contributed by atoms with van der Waals surface area (Å²) in [6.45, 7) is 4.46. The zero-order valence-corrected chi connectivity index (χ0v) is 32.9. The highest BCUT2D eigenvalue weighted by Gasteiger charge is 2.27. The van der Waals surface area contributed by atoms with Crippen molar-refractivity contribution in [2.75, 3.05) is 26.4 Å². The minimum Gasteiger partial charge on any atom is -0.462 e. The van der Waals surface area contributed by atoms with E-state index in [0.717, 1.165) is 63.7 Å². The zero-order chi connectivity index (χ0) is 38.0. The lowest BCUT2D eigenvalue weighted by molar-refractivity contribution is -0.161. The number of aliphatic hydroxyl groups excluding tert-OH is 2. The molecule has 0 heterocycles. The van der Waals surface area contributed by atoms with Gasteiger partial charge in [-0.15, -0.1) is 0 Å². The Bertz CT molecular complexity index is 982. The van der Waals surface area contributed by atoms with Gasteiger partial charge in [-0.05, 0) is 44.1 Å². The van der Waals surface area contributed by atoms with Crippen molar-refractivity contribution in [2.24, 2.45) is 5.92 Å². The minimum absolute atomic E-state index is 0.0988. The molecule has 3 N–H and O–H groups in total. The second-order valence-corrected chi connectivity index (χ2v) is 15.3. The summed E-state index contributed by atoms with van der Waals surface area (Å²) in [4.78, 5) is 46.8. The summed E-state index contributed by atoms with van der Waals surface area (Å²) < 4.78 is 32.5. The number of ketones is 1. The standard InChI is InChI=1S/C39H71O11P/c1-4-5-6-7-11-16-21-26-35(41)27-22-17-14-19-24-29-39(44)50-37(33-49-51(45,46)48-31-36(42)30-40)32-47-38(43)28-23-18-13-10-8-9-12-15-20-25-34(2)3/h11,16,21,26,34,36-37,40,42H,4-10,12-15,17-20,22-25,27-33H2,1-3H3,(H,45,46)/b16-11-,26-21+/t36-,37+/m0/s1. The molecule has 0 amide bonds. The van der Waals surface area contributed by atoms with Gasteiger partial charge in [-0.25, -0.2) is 4.57 Å². The van der Waals surface area contributed by atoms with Gasteiger partial charge in [0, 0.05) is 19.3 Å². The van der Waals surface area contributed by atoms with Crippen LogP contribution in [0.3, 0.4) is 0 Å². The van der Waals surface area contributed by atoms with Crippen molar-refractivity contribution < 1.29 is 52.6 Å². The van der Waals surface area contributed by atoms with Gasteiger partial charge in [0.25, 0.3) is 0 Å². The predicted molar refractivity (Wildman–Crippen MR) is 201 cm³/mol. The lowest BCUT2D eigenvalue weighted by Gasteiger charge is -2.20. The average Bonchev–Trinajstić information content (AvgIpc) is 3.09. The van der Waals surface area contributed by atoms with Gasteiger partial charge in [0.1, 0.15) is 12.7 Å². The van der Waals surface area contributed by atoms with Crippen LogP contribution in [0.25, 0.3) is 0 Å². The van der Waals surface area contributed by atoms with E-state index < -0.39 is 51.8 Å². The first-order chi connectivity index (χ1) is 24.5. The van der Waals surface area contributed by atoms with E-state index in [9.17, 15) is 28.9 Å². The van der Waals surface area contributed by atoms with Crippen LogP contribution in [0.1, 0.15) is 162 Å². The average molecular weight is 747 g/mol. The van der Waals surface area contributed by atoms with Crippen LogP contribution >= 0.6 is 7.82 Å². The Labute approximate surface area is 308 Å². The first-order valence-corrected chi connectivity index (χ1v) is 21.1. The van der Waals surface area contributed by atoms with Crippen LogP contribution in [-0.2, 0) is 37.5 Å². The Kier molecular flexibility index (Phi) is 32.7. The van der Waals surface area contributed by atoms with E-state index in [4.69, 9.17) is 19.1 Å². The summed E-state index contributed by atoms with van der Waals surface area (Å²) in [7, 11) is -4.64. The molecule has 0 aromatic rings. The van der Waals surface area contributed by atoms with Gasteiger partial charge in [0.2, 0.25) is 0 Å². The number of carbonyl (C=O) groups is 3. The number of rotatable bonds is 36. The summed E-state index contributed by atoms with van der Waals surface area (Å²) >= 11 is 0. The molecule has 298 valence electrons. The largest absolute Gasteiger partial charge is 0.472 e. The topological polar surface area (TPSA) is 166 Å². The molecule has 0 aromatic heterocycles. The molecular formula is C39H71O11P. The molecule has 0 fully saturated rings. The van der Waals surface area contributed by atoms with E-state index in [-0.39, 0.29) is 25.2 Å². The van der Waals surface area contributed by atoms with Crippen molar-refractivity contribution in [1.82, 2.24) is 0 Å². The number of phosphoric ester groups is 1. The van der Waals surface area contributed by atoms with E-state index in [1.807, 2.05) is 6.08 Å². The number of allylic oxidation sites excluding steroid dienone is 4. The third kappa shape index (κ3) is 34.9. The molecule has 0 aliphatic carbocycles. The molecule has 3 atom stereocenters. The van der Waals surface area contributed by atoms with Crippen molar-refractivity contribution in [1.29, 1.82) is 0 Å². The fourth-order valence-corrected chi connectivity index (χ4v) is 5.95. The van der Waals surface area contributed by atoms with Crippen LogP contribution in [0.4, 0.5) is 0 Å². The lowest BCUT2D eigenvalue weighted by Crippen LogP contribution is -2.29. The monoisotopic (exact) mass is 746 g/mol. The summed E-state index contributed by atoms with van der Waals surface area (Å²) in [5, 5.41) is 18.3. The highest BCUT2D eigenvalue weighted by molar-refractivity contribution is 7.47. The Morgan fingerprint density at radius 1 is 0.686 bits per heavy atom. The molecule has 12 heteroatoms. The van der Waals surface area contributed by atoms with Gasteiger partial charge >= 0.3 is 19.8 Å². The second-order valence-electron chi connectivity index (χ2n) is 13.8. The van der Waals surface area contributed by atoms with Crippen LogP contribution < -0.4 is 0 Å². The van der Waals surface area contributed by atoms with Gasteiger partial charge in [-0.3, -0.25) is 23.4 Å². The molecule has 11 nitrogen and oxygen atoms in total. The van der Waals surface area contributed by atoms with Gasteiger partial charge in [-0.1, -0.05) is 129 Å². The zero-order valence-electron chi connectivity index (χ0n) is 32.0. The van der Waals surface area contributed by atoms with Crippen LogP contribution in [-0.4, -0.2) is 71.5 Å². The van der Waals surface area contributed by atoms with E-state index in [0.29, 0.717) is 19.3 Å². The van der Waals surface area contributed by atoms with Gasteiger partial charge in [0.15, 0.2) is 11.9 Å². The number of hydrogen-bond acceptors (Lipinski definition) is 10. The van der Waals surface area contributed by atoms with Crippen molar-refractivity contribution in [3.05, 3.63) is 24.3 Å². The molecule has 0 aliphatic rings. The molecule has 0 aliphatic heterocycles. The fourth-order valence-electron chi connectivity index (χ4n) is 5.16. The summed E-state index contributed by atoms with van der Waals surface area (Å²) in [5.41, 5.74) is 0. The third-order valence-corrected chi connectivity index (χ3v) is 9.21. The Morgan fingerprint density at radius 3 is 1.82 bits per heavy atom. The van der Waals surface area contributed by atoms with Gasteiger partial charge < -0.3 is 24.6 Å². The van der Waals surface area contributed by atoms with Gasteiger partial charge in [-0.2, -0.15) is 0 Å². The Hall–Kier alpha value is -1.88. The number of ether oxygens (including phenoxy) is 2. The maximum atomic E-state index is 12.6. The molecule has 0 saturated carbocycles. The smallest absolute Gasteiger partial charge is 0.462 e. The summed E-state index contributed by atoms with van der Waals surface area (Å²) in [5.74, 6) is -0.150.